The first-order valence-electron chi connectivity index (χ1n) is 7.93. The summed E-state index contributed by atoms with van der Waals surface area (Å²) in [4.78, 5) is 13.0. The molecule has 0 bridgehead atoms. The summed E-state index contributed by atoms with van der Waals surface area (Å²) >= 11 is 0. The molecular formula is C20H17NO3. The second-order valence-electron chi connectivity index (χ2n) is 5.86. The smallest absolute Gasteiger partial charge is 0.232 e. The number of hydrogen-bond donors (Lipinski definition) is 1. The van der Waals surface area contributed by atoms with Crippen LogP contribution in [0.4, 0.5) is 0 Å². The minimum absolute atomic E-state index is 0.0675. The molecule has 0 spiro atoms. The Hall–Kier alpha value is -3.01. The van der Waals surface area contributed by atoms with Crippen molar-refractivity contribution in [2.75, 3.05) is 0 Å². The zero-order chi connectivity index (χ0) is 16.5. The van der Waals surface area contributed by atoms with Gasteiger partial charge < -0.3 is 14.5 Å². The second-order valence-corrected chi connectivity index (χ2v) is 5.86. The van der Waals surface area contributed by atoms with Crippen LogP contribution >= 0.6 is 0 Å². The highest BCUT2D eigenvalue weighted by Crippen LogP contribution is 2.44. The highest BCUT2D eigenvalue weighted by molar-refractivity contribution is 5.89. The molecule has 0 fully saturated rings. The first kappa shape index (κ1) is 14.6. The van der Waals surface area contributed by atoms with E-state index in [1.807, 2.05) is 67.6 Å². The summed E-state index contributed by atoms with van der Waals surface area (Å²) in [5.41, 5.74) is 1.75. The van der Waals surface area contributed by atoms with Gasteiger partial charge >= 0.3 is 0 Å². The third-order valence-electron chi connectivity index (χ3n) is 4.27. The van der Waals surface area contributed by atoms with Crippen LogP contribution < -0.4 is 10.1 Å². The van der Waals surface area contributed by atoms with Crippen LogP contribution in [-0.2, 0) is 4.79 Å². The second kappa shape index (κ2) is 5.89. The van der Waals surface area contributed by atoms with Crippen LogP contribution in [0.25, 0.3) is 0 Å². The Labute approximate surface area is 140 Å². The average molecular weight is 319 g/mol. The number of furan rings is 1. The third-order valence-corrected chi connectivity index (χ3v) is 4.27. The zero-order valence-electron chi connectivity index (χ0n) is 13.2. The maximum absolute atomic E-state index is 13.0. The Morgan fingerprint density at radius 2 is 1.58 bits per heavy atom. The largest absolute Gasteiger partial charge is 0.467 e. The van der Waals surface area contributed by atoms with E-state index in [9.17, 15) is 4.79 Å². The maximum atomic E-state index is 13.0. The summed E-state index contributed by atoms with van der Waals surface area (Å²) in [7, 11) is 0. The normalized spacial score (nSPS) is 14.2. The van der Waals surface area contributed by atoms with E-state index >= 15 is 0 Å². The van der Waals surface area contributed by atoms with Crippen LogP contribution in [0, 0.1) is 0 Å². The molecule has 1 N–H and O–H groups in total. The molecule has 0 saturated heterocycles. The topological polar surface area (TPSA) is 51.5 Å². The molecule has 24 heavy (non-hydrogen) atoms. The van der Waals surface area contributed by atoms with Crippen LogP contribution in [0.2, 0.25) is 0 Å². The van der Waals surface area contributed by atoms with Crippen LogP contribution in [0.5, 0.6) is 11.5 Å². The predicted molar refractivity (Wildman–Crippen MR) is 90.1 cm³/mol. The van der Waals surface area contributed by atoms with Crippen molar-refractivity contribution in [3.63, 3.8) is 0 Å². The standard InChI is InChI=1S/C20H17NO3/c1-13(16-11-6-12-23-16)21-20(22)19-14-7-2-4-9-17(14)24-18-10-5-3-8-15(18)19/h2-13,19H,1H3,(H,21,22)/t13-/m0/s1. The highest BCUT2D eigenvalue weighted by Gasteiger charge is 2.33. The molecule has 1 aliphatic heterocycles. The van der Waals surface area contributed by atoms with Crippen molar-refractivity contribution in [3.8, 4) is 11.5 Å². The molecule has 1 aliphatic rings. The summed E-state index contributed by atoms with van der Waals surface area (Å²) in [5.74, 6) is 1.71. The number of para-hydroxylation sites is 2. The highest BCUT2D eigenvalue weighted by atomic mass is 16.5. The molecule has 4 heteroatoms. The summed E-state index contributed by atoms with van der Waals surface area (Å²) in [5, 5.41) is 3.05. The molecule has 0 saturated carbocycles. The lowest BCUT2D eigenvalue weighted by Crippen LogP contribution is -2.33. The monoisotopic (exact) mass is 319 g/mol. The Kier molecular flexibility index (Phi) is 3.58. The SMILES string of the molecule is C[C@H](NC(=O)C1c2ccccc2Oc2ccccc21)c1ccco1. The molecule has 0 aliphatic carbocycles. The quantitative estimate of drug-likeness (QED) is 0.778. The predicted octanol–water partition coefficient (Wildman–Crippen LogP) is 4.39. The summed E-state index contributed by atoms with van der Waals surface area (Å²) < 4.78 is 11.3. The maximum Gasteiger partial charge on any atom is 0.232 e. The van der Waals surface area contributed by atoms with Gasteiger partial charge in [-0.15, -0.1) is 0 Å². The summed E-state index contributed by atoms with van der Waals surface area (Å²) in [6.07, 6.45) is 1.61. The van der Waals surface area contributed by atoms with Crippen LogP contribution in [0.1, 0.15) is 35.8 Å². The van der Waals surface area contributed by atoms with Gasteiger partial charge in [0.25, 0.3) is 0 Å². The first-order chi connectivity index (χ1) is 11.7. The molecule has 1 amide bonds. The molecule has 4 nitrogen and oxygen atoms in total. The number of ether oxygens (including phenoxy) is 1. The van der Waals surface area contributed by atoms with E-state index in [2.05, 4.69) is 5.32 Å². The molecule has 2 heterocycles. The molecule has 1 aromatic heterocycles. The number of nitrogens with one attached hydrogen (secondary N) is 1. The first-order valence-corrected chi connectivity index (χ1v) is 7.93. The molecule has 3 aromatic rings. The molecule has 0 radical (unpaired) electrons. The van der Waals surface area contributed by atoms with Crippen molar-refractivity contribution >= 4 is 5.91 Å². The zero-order valence-corrected chi connectivity index (χ0v) is 13.2. The molecule has 1 atom stereocenters. The van der Waals surface area contributed by atoms with Gasteiger partial charge in [0.1, 0.15) is 17.3 Å². The minimum Gasteiger partial charge on any atom is -0.467 e. The summed E-state index contributed by atoms with van der Waals surface area (Å²) in [6, 6.07) is 18.8. The van der Waals surface area contributed by atoms with Crippen molar-refractivity contribution in [1.29, 1.82) is 0 Å². The van der Waals surface area contributed by atoms with Gasteiger partial charge in [0, 0.05) is 11.1 Å². The number of fused-ring (bicyclic) bond motifs is 2. The van der Waals surface area contributed by atoms with E-state index in [-0.39, 0.29) is 11.9 Å². The van der Waals surface area contributed by atoms with Gasteiger partial charge in [-0.3, -0.25) is 4.79 Å². The van der Waals surface area contributed by atoms with Crippen LogP contribution in [0.3, 0.4) is 0 Å². The van der Waals surface area contributed by atoms with Gasteiger partial charge in [-0.1, -0.05) is 36.4 Å². The number of amides is 1. The number of hydrogen-bond acceptors (Lipinski definition) is 3. The average Bonchev–Trinajstić information content (AvgIpc) is 3.14. The Bertz CT molecular complexity index is 825. The lowest BCUT2D eigenvalue weighted by Gasteiger charge is -2.28. The van der Waals surface area contributed by atoms with Gasteiger partial charge in [0.05, 0.1) is 18.2 Å². The molecule has 120 valence electrons. The van der Waals surface area contributed by atoms with Gasteiger partial charge in [-0.2, -0.15) is 0 Å². The van der Waals surface area contributed by atoms with Crippen molar-refractivity contribution in [1.82, 2.24) is 5.32 Å². The number of carbonyl (C=O) groups excluding carboxylic acids is 1. The number of carbonyl (C=O) groups is 1. The van der Waals surface area contributed by atoms with E-state index in [0.29, 0.717) is 0 Å². The van der Waals surface area contributed by atoms with Crippen molar-refractivity contribution < 1.29 is 13.9 Å². The van der Waals surface area contributed by atoms with E-state index in [4.69, 9.17) is 9.15 Å². The fourth-order valence-corrected chi connectivity index (χ4v) is 3.10. The van der Waals surface area contributed by atoms with Crippen molar-refractivity contribution in [2.24, 2.45) is 0 Å². The van der Waals surface area contributed by atoms with E-state index in [1.165, 1.54) is 0 Å². The molecule has 0 unspecified atom stereocenters. The Morgan fingerprint density at radius 1 is 0.958 bits per heavy atom. The molecule has 4 rings (SSSR count). The van der Waals surface area contributed by atoms with Crippen LogP contribution in [-0.4, -0.2) is 5.91 Å². The number of benzene rings is 2. The fraction of sp³-hybridized carbons (Fsp3) is 0.150. The van der Waals surface area contributed by atoms with Gasteiger partial charge in [-0.05, 0) is 31.2 Å². The third kappa shape index (κ3) is 2.46. The van der Waals surface area contributed by atoms with Crippen molar-refractivity contribution in [2.45, 2.75) is 18.9 Å². The Morgan fingerprint density at radius 3 is 2.17 bits per heavy atom. The number of rotatable bonds is 3. The van der Waals surface area contributed by atoms with Crippen LogP contribution in [0.15, 0.2) is 71.3 Å². The van der Waals surface area contributed by atoms with Gasteiger partial charge in [0.15, 0.2) is 0 Å². The Balaban J connectivity index is 1.70. The molecule has 2 aromatic carbocycles. The van der Waals surface area contributed by atoms with Gasteiger partial charge in [0.2, 0.25) is 5.91 Å². The van der Waals surface area contributed by atoms with Gasteiger partial charge in [-0.25, -0.2) is 0 Å². The fourth-order valence-electron chi connectivity index (χ4n) is 3.10. The lowest BCUT2D eigenvalue weighted by molar-refractivity contribution is -0.122. The van der Waals surface area contributed by atoms with E-state index < -0.39 is 5.92 Å². The summed E-state index contributed by atoms with van der Waals surface area (Å²) in [6.45, 7) is 1.91. The van der Waals surface area contributed by atoms with Crippen molar-refractivity contribution in [3.05, 3.63) is 83.8 Å². The lowest BCUT2D eigenvalue weighted by atomic mass is 9.87. The minimum atomic E-state index is -0.399. The molecular weight excluding hydrogens is 302 g/mol. The van der Waals surface area contributed by atoms with E-state index in [1.54, 1.807) is 6.26 Å². The van der Waals surface area contributed by atoms with E-state index in [0.717, 1.165) is 28.4 Å².